The summed E-state index contributed by atoms with van der Waals surface area (Å²) in [6.45, 7) is 5.95. The van der Waals surface area contributed by atoms with Gasteiger partial charge < -0.3 is 15.8 Å². The van der Waals surface area contributed by atoms with E-state index in [1.807, 2.05) is 20.8 Å². The highest BCUT2D eigenvalue weighted by Gasteiger charge is 2.18. The van der Waals surface area contributed by atoms with Crippen molar-refractivity contribution in [1.82, 2.24) is 14.8 Å². The van der Waals surface area contributed by atoms with Gasteiger partial charge in [-0.2, -0.15) is 5.10 Å². The number of carbonyl (C=O) groups is 2. The highest BCUT2D eigenvalue weighted by atomic mass is 35.5. The van der Waals surface area contributed by atoms with Gasteiger partial charge in [-0.3, -0.25) is 19.3 Å². The number of nitrogens with two attached hydrogens (primary N) is 1. The Morgan fingerprint density at radius 3 is 2.63 bits per heavy atom. The Hall–Kier alpha value is -3.98. The van der Waals surface area contributed by atoms with Crippen LogP contribution in [0.25, 0.3) is 10.9 Å². The molecule has 0 fully saturated rings. The summed E-state index contributed by atoms with van der Waals surface area (Å²) in [7, 11) is 0. The van der Waals surface area contributed by atoms with E-state index in [2.05, 4.69) is 15.4 Å². The van der Waals surface area contributed by atoms with E-state index in [9.17, 15) is 14.0 Å². The number of nitrogens with one attached hydrogen (secondary N) is 1. The zero-order valence-corrected chi connectivity index (χ0v) is 20.1. The van der Waals surface area contributed by atoms with Crippen molar-refractivity contribution < 1.29 is 18.7 Å². The SMILES string of the molecule is CC(C)(C)n1cc(NC(=O)Cc2cc(Cl)c(Oc3ccnc4ccc(C(N)=O)cc34)cc2F)cn1. The first kappa shape index (κ1) is 24.2. The number of pyridine rings is 1. The minimum atomic E-state index is -0.652. The maximum atomic E-state index is 14.9. The molecule has 2 aromatic carbocycles. The zero-order valence-electron chi connectivity index (χ0n) is 19.3. The Morgan fingerprint density at radius 2 is 1.94 bits per heavy atom. The van der Waals surface area contributed by atoms with Crippen LogP contribution in [0.3, 0.4) is 0 Å². The number of carbonyl (C=O) groups excluding carboxylic acids is 2. The van der Waals surface area contributed by atoms with Gasteiger partial charge in [-0.25, -0.2) is 4.39 Å². The fraction of sp³-hybridized carbons (Fsp3) is 0.200. The summed E-state index contributed by atoms with van der Waals surface area (Å²) in [6.07, 6.45) is 4.53. The van der Waals surface area contributed by atoms with E-state index in [0.717, 1.165) is 6.07 Å². The molecule has 0 bridgehead atoms. The number of aromatic nitrogens is 3. The van der Waals surface area contributed by atoms with Gasteiger partial charge in [0.15, 0.2) is 0 Å². The number of amides is 2. The van der Waals surface area contributed by atoms with Crippen LogP contribution in [-0.2, 0) is 16.8 Å². The lowest BCUT2D eigenvalue weighted by molar-refractivity contribution is -0.115. The first-order valence-electron chi connectivity index (χ1n) is 10.7. The summed E-state index contributed by atoms with van der Waals surface area (Å²) in [5.74, 6) is -1.29. The molecular weight excluding hydrogens is 473 g/mol. The van der Waals surface area contributed by atoms with Crippen molar-refractivity contribution in [2.45, 2.75) is 32.7 Å². The van der Waals surface area contributed by atoms with Gasteiger partial charge in [-0.15, -0.1) is 0 Å². The van der Waals surface area contributed by atoms with Crippen molar-refractivity contribution in [1.29, 1.82) is 0 Å². The van der Waals surface area contributed by atoms with Gasteiger partial charge in [-0.1, -0.05) is 11.6 Å². The van der Waals surface area contributed by atoms with Crippen molar-refractivity contribution in [3.8, 4) is 11.5 Å². The molecule has 0 saturated heterocycles. The molecule has 8 nitrogen and oxygen atoms in total. The molecular formula is C25H23ClFN5O3. The summed E-state index contributed by atoms with van der Waals surface area (Å²) in [5.41, 5.74) is 6.59. The zero-order chi connectivity index (χ0) is 25.3. The van der Waals surface area contributed by atoms with Crippen LogP contribution in [0.1, 0.15) is 36.7 Å². The monoisotopic (exact) mass is 495 g/mol. The van der Waals surface area contributed by atoms with Crippen molar-refractivity contribution in [3.63, 3.8) is 0 Å². The predicted molar refractivity (Wildman–Crippen MR) is 131 cm³/mol. The Labute approximate surface area is 205 Å². The van der Waals surface area contributed by atoms with Crippen LogP contribution in [0, 0.1) is 5.82 Å². The van der Waals surface area contributed by atoms with Crippen LogP contribution in [0.2, 0.25) is 5.02 Å². The highest BCUT2D eigenvalue weighted by Crippen LogP contribution is 2.35. The molecule has 4 rings (SSSR count). The Balaban J connectivity index is 1.53. The summed E-state index contributed by atoms with van der Waals surface area (Å²) in [5, 5.41) is 7.57. The van der Waals surface area contributed by atoms with Crippen LogP contribution in [0.15, 0.2) is 55.0 Å². The molecule has 0 aliphatic heterocycles. The first-order chi connectivity index (χ1) is 16.5. The summed E-state index contributed by atoms with van der Waals surface area (Å²) in [4.78, 5) is 28.3. The van der Waals surface area contributed by atoms with E-state index in [1.165, 1.54) is 18.5 Å². The van der Waals surface area contributed by atoms with Crippen molar-refractivity contribution in [2.24, 2.45) is 5.73 Å². The average Bonchev–Trinajstić information content (AvgIpc) is 3.26. The molecule has 3 N–H and O–H groups in total. The standard InChI is InChI=1S/C25H23ClFN5O3/c1-25(2,3)32-13-16(12-30-32)31-23(33)10-15-9-18(26)22(11-19(15)27)35-21-6-7-29-20-5-4-14(24(28)34)8-17(20)21/h4-9,11-13H,10H2,1-3H3,(H2,28,34)(H,31,33). The number of hydrogen-bond acceptors (Lipinski definition) is 5. The molecule has 4 aromatic rings. The third kappa shape index (κ3) is 5.41. The van der Waals surface area contributed by atoms with Gasteiger partial charge in [0.05, 0.1) is 34.4 Å². The molecule has 10 heteroatoms. The van der Waals surface area contributed by atoms with Gasteiger partial charge in [0.1, 0.15) is 17.3 Å². The highest BCUT2D eigenvalue weighted by molar-refractivity contribution is 6.32. The number of primary amides is 1. The number of benzene rings is 2. The number of nitrogens with zero attached hydrogens (tertiary/aromatic N) is 3. The number of hydrogen-bond donors (Lipinski definition) is 2. The quantitative estimate of drug-likeness (QED) is 0.388. The van der Waals surface area contributed by atoms with E-state index < -0.39 is 17.6 Å². The second kappa shape index (κ2) is 9.34. The maximum absolute atomic E-state index is 14.9. The third-order valence-corrected chi connectivity index (χ3v) is 5.51. The van der Waals surface area contributed by atoms with E-state index >= 15 is 0 Å². The summed E-state index contributed by atoms with van der Waals surface area (Å²) in [6, 6.07) is 8.78. The molecule has 0 aliphatic rings. The largest absolute Gasteiger partial charge is 0.455 e. The molecule has 0 aliphatic carbocycles. The molecule has 2 heterocycles. The summed E-state index contributed by atoms with van der Waals surface area (Å²) < 4.78 is 22.4. The second-order valence-corrected chi connectivity index (χ2v) is 9.36. The number of fused-ring (bicyclic) bond motifs is 1. The van der Waals surface area contributed by atoms with Gasteiger partial charge in [-0.05, 0) is 56.7 Å². The average molecular weight is 496 g/mol. The molecule has 0 saturated carbocycles. The molecule has 0 unspecified atom stereocenters. The molecule has 35 heavy (non-hydrogen) atoms. The smallest absolute Gasteiger partial charge is 0.248 e. The Bertz CT molecular complexity index is 1450. The van der Waals surface area contributed by atoms with Crippen LogP contribution in [0.5, 0.6) is 11.5 Å². The van der Waals surface area contributed by atoms with E-state index in [-0.39, 0.29) is 33.9 Å². The molecule has 0 spiro atoms. The maximum Gasteiger partial charge on any atom is 0.248 e. The Morgan fingerprint density at radius 1 is 1.17 bits per heavy atom. The van der Waals surface area contributed by atoms with Gasteiger partial charge in [0, 0.05) is 29.4 Å². The number of anilines is 1. The molecule has 2 amide bonds. The van der Waals surface area contributed by atoms with Gasteiger partial charge >= 0.3 is 0 Å². The van der Waals surface area contributed by atoms with Crippen molar-refractivity contribution in [2.75, 3.05) is 5.32 Å². The molecule has 2 aromatic heterocycles. The second-order valence-electron chi connectivity index (χ2n) is 8.95. The van der Waals surface area contributed by atoms with E-state index in [1.54, 1.807) is 35.1 Å². The van der Waals surface area contributed by atoms with Crippen molar-refractivity contribution >= 4 is 40.0 Å². The molecule has 0 radical (unpaired) electrons. The van der Waals surface area contributed by atoms with E-state index in [0.29, 0.717) is 22.3 Å². The van der Waals surface area contributed by atoms with Gasteiger partial charge in [0.2, 0.25) is 11.8 Å². The number of ether oxygens (including phenoxy) is 1. The lowest BCUT2D eigenvalue weighted by atomic mass is 10.1. The van der Waals surface area contributed by atoms with Gasteiger partial charge in [0.25, 0.3) is 0 Å². The topological polar surface area (TPSA) is 112 Å². The first-order valence-corrected chi connectivity index (χ1v) is 11.1. The predicted octanol–water partition coefficient (Wildman–Crippen LogP) is 5.05. The van der Waals surface area contributed by atoms with Crippen LogP contribution >= 0.6 is 11.6 Å². The lowest BCUT2D eigenvalue weighted by Crippen LogP contribution is -2.22. The molecule has 0 atom stereocenters. The van der Waals surface area contributed by atoms with Crippen LogP contribution < -0.4 is 15.8 Å². The van der Waals surface area contributed by atoms with Crippen molar-refractivity contribution in [3.05, 3.63) is 77.0 Å². The third-order valence-electron chi connectivity index (χ3n) is 5.21. The minimum Gasteiger partial charge on any atom is -0.455 e. The lowest BCUT2D eigenvalue weighted by Gasteiger charge is -2.18. The van der Waals surface area contributed by atoms with E-state index in [4.69, 9.17) is 22.1 Å². The number of rotatable bonds is 6. The Kier molecular flexibility index (Phi) is 6.45. The molecule has 180 valence electrons. The summed E-state index contributed by atoms with van der Waals surface area (Å²) >= 11 is 6.35. The minimum absolute atomic E-state index is 0.0526. The normalized spacial score (nSPS) is 11.5. The fourth-order valence-corrected chi connectivity index (χ4v) is 3.62. The number of halogens is 2. The fourth-order valence-electron chi connectivity index (χ4n) is 3.40. The van der Waals surface area contributed by atoms with Crippen LogP contribution in [0.4, 0.5) is 10.1 Å². The van der Waals surface area contributed by atoms with Crippen LogP contribution in [-0.4, -0.2) is 26.6 Å².